The van der Waals surface area contributed by atoms with E-state index < -0.39 is 0 Å². The predicted molar refractivity (Wildman–Crippen MR) is 98.6 cm³/mol. The summed E-state index contributed by atoms with van der Waals surface area (Å²) in [5.74, 6) is 3.71. The topological polar surface area (TPSA) is 29.0 Å². The molecule has 124 valence electrons. The molecule has 0 aromatic carbocycles. The highest BCUT2D eigenvalue weighted by molar-refractivity contribution is 7.19. The molecule has 2 aliphatic rings. The van der Waals surface area contributed by atoms with E-state index in [9.17, 15) is 0 Å². The Balaban J connectivity index is 1.87. The Hall–Kier alpha value is -1.16. The summed E-state index contributed by atoms with van der Waals surface area (Å²) in [6.45, 7) is 9.21. The number of nitrogens with zero attached hydrogens (tertiary/aromatic N) is 3. The van der Waals surface area contributed by atoms with E-state index in [1.807, 2.05) is 11.3 Å². The van der Waals surface area contributed by atoms with E-state index in [-0.39, 0.29) is 0 Å². The highest BCUT2D eigenvalue weighted by Crippen LogP contribution is 2.41. The number of anilines is 1. The third-order valence-electron chi connectivity index (χ3n) is 5.18. The minimum Gasteiger partial charge on any atom is -0.356 e. The first kappa shape index (κ1) is 15.4. The fourth-order valence-electron chi connectivity index (χ4n) is 3.98. The molecule has 23 heavy (non-hydrogen) atoms. The van der Waals surface area contributed by atoms with Crippen LogP contribution < -0.4 is 4.90 Å². The minimum absolute atomic E-state index is 0.605. The molecule has 1 saturated heterocycles. The lowest BCUT2D eigenvalue weighted by Crippen LogP contribution is -2.21. The van der Waals surface area contributed by atoms with Crippen LogP contribution in [0.1, 0.15) is 56.3 Å². The van der Waals surface area contributed by atoms with Crippen molar-refractivity contribution in [3.8, 4) is 0 Å². The van der Waals surface area contributed by atoms with E-state index in [1.165, 1.54) is 48.1 Å². The van der Waals surface area contributed by atoms with Gasteiger partial charge in [-0.2, -0.15) is 0 Å². The van der Waals surface area contributed by atoms with Gasteiger partial charge in [-0.3, -0.25) is 0 Å². The quantitative estimate of drug-likeness (QED) is 0.823. The van der Waals surface area contributed by atoms with Gasteiger partial charge in [-0.1, -0.05) is 20.8 Å². The maximum atomic E-state index is 5.04. The minimum atomic E-state index is 0.605. The Morgan fingerprint density at radius 1 is 1.22 bits per heavy atom. The highest BCUT2D eigenvalue weighted by atomic mass is 32.1. The van der Waals surface area contributed by atoms with Crippen molar-refractivity contribution in [2.75, 3.05) is 18.0 Å². The Morgan fingerprint density at radius 3 is 2.74 bits per heavy atom. The SMILES string of the molecule is CC(C)Cc1nc(N2CCCC2)c2c3c(sc2n1)CC(C)CC3. The number of hydrogen-bond acceptors (Lipinski definition) is 4. The molecular weight excluding hydrogens is 302 g/mol. The molecule has 0 N–H and O–H groups in total. The van der Waals surface area contributed by atoms with E-state index in [0.29, 0.717) is 5.92 Å². The molecule has 0 bridgehead atoms. The van der Waals surface area contributed by atoms with E-state index in [2.05, 4.69) is 25.7 Å². The van der Waals surface area contributed by atoms with Crippen molar-refractivity contribution in [2.24, 2.45) is 11.8 Å². The maximum absolute atomic E-state index is 5.04. The highest BCUT2D eigenvalue weighted by Gasteiger charge is 2.26. The third-order valence-corrected chi connectivity index (χ3v) is 6.33. The fraction of sp³-hybridized carbons (Fsp3) is 0.684. The van der Waals surface area contributed by atoms with Crippen LogP contribution in [0.15, 0.2) is 0 Å². The van der Waals surface area contributed by atoms with Crippen molar-refractivity contribution in [3.63, 3.8) is 0 Å². The molecule has 1 atom stereocenters. The van der Waals surface area contributed by atoms with Crippen LogP contribution in [-0.4, -0.2) is 23.1 Å². The van der Waals surface area contributed by atoms with Crippen LogP contribution in [0.25, 0.3) is 10.2 Å². The monoisotopic (exact) mass is 329 g/mol. The molecule has 2 aromatic rings. The van der Waals surface area contributed by atoms with Gasteiger partial charge < -0.3 is 4.90 Å². The summed E-state index contributed by atoms with van der Waals surface area (Å²) in [6, 6.07) is 0. The first-order valence-corrected chi connectivity index (χ1v) is 9.99. The van der Waals surface area contributed by atoms with E-state index in [1.54, 1.807) is 10.4 Å². The number of hydrogen-bond donors (Lipinski definition) is 0. The largest absolute Gasteiger partial charge is 0.356 e. The average Bonchev–Trinajstić information content (AvgIpc) is 3.12. The molecule has 1 fully saturated rings. The summed E-state index contributed by atoms with van der Waals surface area (Å²) >= 11 is 1.94. The molecule has 3 heterocycles. The summed E-state index contributed by atoms with van der Waals surface area (Å²) in [6.07, 6.45) is 7.34. The van der Waals surface area contributed by atoms with E-state index in [0.717, 1.165) is 31.3 Å². The van der Waals surface area contributed by atoms with Crippen molar-refractivity contribution in [2.45, 2.75) is 59.3 Å². The van der Waals surface area contributed by atoms with Crippen LogP contribution in [0.5, 0.6) is 0 Å². The number of thiophene rings is 1. The molecule has 1 aliphatic carbocycles. The number of fused-ring (bicyclic) bond motifs is 3. The van der Waals surface area contributed by atoms with Crippen LogP contribution in [-0.2, 0) is 19.3 Å². The van der Waals surface area contributed by atoms with Gasteiger partial charge >= 0.3 is 0 Å². The molecule has 0 radical (unpaired) electrons. The zero-order chi connectivity index (χ0) is 16.0. The second-order valence-corrected chi connectivity index (χ2v) is 8.87. The molecule has 2 aromatic heterocycles. The summed E-state index contributed by atoms with van der Waals surface area (Å²) in [5.41, 5.74) is 1.57. The Bertz CT molecular complexity index is 713. The molecule has 4 heteroatoms. The van der Waals surface area contributed by atoms with Crippen molar-refractivity contribution >= 4 is 27.4 Å². The van der Waals surface area contributed by atoms with Crippen molar-refractivity contribution in [1.29, 1.82) is 0 Å². The molecule has 0 amide bonds. The van der Waals surface area contributed by atoms with Crippen LogP contribution in [0.2, 0.25) is 0 Å². The Kier molecular flexibility index (Phi) is 4.04. The van der Waals surface area contributed by atoms with Crippen molar-refractivity contribution < 1.29 is 0 Å². The maximum Gasteiger partial charge on any atom is 0.141 e. The zero-order valence-electron chi connectivity index (χ0n) is 14.6. The van der Waals surface area contributed by atoms with E-state index >= 15 is 0 Å². The van der Waals surface area contributed by atoms with Gasteiger partial charge in [0, 0.05) is 24.4 Å². The lowest BCUT2D eigenvalue weighted by Gasteiger charge is -2.21. The molecule has 0 saturated carbocycles. The van der Waals surface area contributed by atoms with Crippen LogP contribution in [0.3, 0.4) is 0 Å². The van der Waals surface area contributed by atoms with Crippen molar-refractivity contribution in [3.05, 3.63) is 16.3 Å². The first-order chi connectivity index (χ1) is 11.1. The molecule has 3 nitrogen and oxygen atoms in total. The van der Waals surface area contributed by atoms with Crippen LogP contribution in [0, 0.1) is 11.8 Å². The average molecular weight is 330 g/mol. The molecular formula is C19H27N3S. The third kappa shape index (κ3) is 2.86. The molecule has 1 aliphatic heterocycles. The normalized spacial score (nSPS) is 21.4. The van der Waals surface area contributed by atoms with Gasteiger partial charge in [0.2, 0.25) is 0 Å². The fourth-order valence-corrected chi connectivity index (χ4v) is 5.38. The molecule has 1 unspecified atom stereocenters. The Labute approximate surface area is 143 Å². The van der Waals surface area contributed by atoms with Crippen molar-refractivity contribution in [1.82, 2.24) is 9.97 Å². The number of aromatic nitrogens is 2. The summed E-state index contributed by atoms with van der Waals surface area (Å²) in [4.78, 5) is 15.3. The second-order valence-electron chi connectivity index (χ2n) is 7.79. The molecule has 4 rings (SSSR count). The number of aryl methyl sites for hydroxylation is 1. The van der Waals surface area contributed by atoms with Gasteiger partial charge in [-0.25, -0.2) is 9.97 Å². The summed E-state index contributed by atoms with van der Waals surface area (Å²) < 4.78 is 0. The second kappa shape index (κ2) is 6.04. The predicted octanol–water partition coefficient (Wildman–Crippen LogP) is 4.61. The first-order valence-electron chi connectivity index (χ1n) is 9.18. The lowest BCUT2D eigenvalue weighted by molar-refractivity contribution is 0.509. The van der Waals surface area contributed by atoms with Gasteiger partial charge in [0.05, 0.1) is 5.39 Å². The van der Waals surface area contributed by atoms with Crippen LogP contribution >= 0.6 is 11.3 Å². The summed E-state index contributed by atoms with van der Waals surface area (Å²) in [7, 11) is 0. The van der Waals surface area contributed by atoms with E-state index in [4.69, 9.17) is 9.97 Å². The van der Waals surface area contributed by atoms with Gasteiger partial charge in [0.25, 0.3) is 0 Å². The van der Waals surface area contributed by atoms with Gasteiger partial charge in [0.15, 0.2) is 0 Å². The van der Waals surface area contributed by atoms with Crippen LogP contribution in [0.4, 0.5) is 5.82 Å². The van der Waals surface area contributed by atoms with Gasteiger partial charge in [0.1, 0.15) is 16.5 Å². The number of rotatable bonds is 3. The standard InChI is InChI=1S/C19H27N3S/c1-12(2)10-16-20-18(22-8-4-5-9-22)17-14-7-6-13(3)11-15(14)23-19(17)21-16/h12-13H,4-11H2,1-3H3. The Morgan fingerprint density at radius 2 is 2.00 bits per heavy atom. The lowest BCUT2D eigenvalue weighted by atomic mass is 9.89. The molecule has 0 spiro atoms. The zero-order valence-corrected chi connectivity index (χ0v) is 15.4. The van der Waals surface area contributed by atoms with Gasteiger partial charge in [-0.05, 0) is 49.5 Å². The smallest absolute Gasteiger partial charge is 0.141 e. The summed E-state index contributed by atoms with van der Waals surface area (Å²) in [5, 5.41) is 1.39. The van der Waals surface area contributed by atoms with Gasteiger partial charge in [-0.15, -0.1) is 11.3 Å².